The Kier molecular flexibility index (Phi) is 2.57. The van der Waals surface area contributed by atoms with Gasteiger partial charge in [-0.2, -0.15) is 0 Å². The van der Waals surface area contributed by atoms with Crippen LogP contribution in [-0.4, -0.2) is 4.98 Å². The monoisotopic (exact) mass is 235 g/mol. The molecule has 3 aromatic rings. The third kappa shape index (κ3) is 1.98. The molecule has 0 aliphatic heterocycles. The second kappa shape index (κ2) is 4.37. The molecule has 0 spiro atoms. The summed E-state index contributed by atoms with van der Waals surface area (Å²) in [6.07, 6.45) is 1.70. The average molecular weight is 235 g/mol. The molecule has 3 heteroatoms. The summed E-state index contributed by atoms with van der Waals surface area (Å²) in [4.78, 5) is 3.98. The van der Waals surface area contributed by atoms with E-state index in [9.17, 15) is 0 Å². The lowest BCUT2D eigenvalue weighted by Gasteiger charge is -2.09. The number of nitrogen functional groups attached to an aromatic ring is 1. The maximum atomic E-state index is 5.67. The van der Waals surface area contributed by atoms with Gasteiger partial charge in [-0.15, -0.1) is 0 Å². The molecule has 0 aliphatic rings. The molecule has 0 bridgehead atoms. The van der Waals surface area contributed by atoms with Gasteiger partial charge < -0.3 is 11.1 Å². The molecular formula is C15H13N3. The summed E-state index contributed by atoms with van der Waals surface area (Å²) in [6.45, 7) is 0. The normalized spacial score (nSPS) is 10.4. The van der Waals surface area contributed by atoms with Gasteiger partial charge in [0.05, 0.1) is 0 Å². The average Bonchev–Trinajstić information content (AvgIpc) is 2.39. The molecule has 0 saturated heterocycles. The number of nitrogens with one attached hydrogen (secondary N) is 1. The molecule has 3 rings (SSSR count). The van der Waals surface area contributed by atoms with Crippen LogP contribution in [-0.2, 0) is 0 Å². The highest BCUT2D eigenvalue weighted by Gasteiger charge is 2.00. The van der Waals surface area contributed by atoms with Crippen LogP contribution in [0.15, 0.2) is 60.8 Å². The van der Waals surface area contributed by atoms with Crippen molar-refractivity contribution in [1.29, 1.82) is 0 Å². The highest BCUT2D eigenvalue weighted by atomic mass is 14.9. The summed E-state index contributed by atoms with van der Waals surface area (Å²) in [6, 6.07) is 18.2. The Hall–Kier alpha value is -2.55. The van der Waals surface area contributed by atoms with Gasteiger partial charge in [0.2, 0.25) is 0 Å². The minimum atomic E-state index is 0.514. The maximum Gasteiger partial charge on any atom is 0.125 e. The number of anilines is 3. The van der Waals surface area contributed by atoms with Gasteiger partial charge >= 0.3 is 0 Å². The second-order valence-corrected chi connectivity index (χ2v) is 4.12. The number of pyridine rings is 1. The zero-order chi connectivity index (χ0) is 12.4. The number of hydrogen-bond donors (Lipinski definition) is 2. The van der Waals surface area contributed by atoms with Crippen LogP contribution in [0.3, 0.4) is 0 Å². The lowest BCUT2D eigenvalue weighted by Crippen LogP contribution is -1.94. The minimum Gasteiger partial charge on any atom is -0.384 e. The van der Waals surface area contributed by atoms with Crippen LogP contribution < -0.4 is 11.1 Å². The Bertz CT molecular complexity index is 687. The van der Waals surface area contributed by atoms with Crippen LogP contribution in [0.1, 0.15) is 0 Å². The van der Waals surface area contributed by atoms with Crippen LogP contribution in [0.2, 0.25) is 0 Å². The van der Waals surface area contributed by atoms with Gasteiger partial charge in [0, 0.05) is 29.0 Å². The Labute approximate surface area is 105 Å². The summed E-state index contributed by atoms with van der Waals surface area (Å²) >= 11 is 0. The largest absolute Gasteiger partial charge is 0.384 e. The molecule has 0 radical (unpaired) electrons. The van der Waals surface area contributed by atoms with Crippen molar-refractivity contribution in [2.45, 2.75) is 0 Å². The van der Waals surface area contributed by atoms with E-state index >= 15 is 0 Å². The highest BCUT2D eigenvalue weighted by Crippen LogP contribution is 2.26. The molecule has 0 aliphatic carbocycles. The smallest absolute Gasteiger partial charge is 0.125 e. The molecule has 88 valence electrons. The van der Waals surface area contributed by atoms with Crippen molar-refractivity contribution in [3.8, 4) is 0 Å². The first-order valence-electron chi connectivity index (χ1n) is 5.79. The van der Waals surface area contributed by atoms with Crippen LogP contribution in [0.5, 0.6) is 0 Å². The first kappa shape index (κ1) is 10.6. The number of benzene rings is 2. The molecule has 3 nitrogen and oxygen atoms in total. The molecule has 18 heavy (non-hydrogen) atoms. The maximum absolute atomic E-state index is 5.67. The fourth-order valence-corrected chi connectivity index (χ4v) is 2.02. The predicted molar refractivity (Wildman–Crippen MR) is 75.9 cm³/mol. The van der Waals surface area contributed by atoms with Gasteiger partial charge in [-0.1, -0.05) is 36.4 Å². The summed E-state index contributed by atoms with van der Waals surface area (Å²) in [5.41, 5.74) is 7.69. The summed E-state index contributed by atoms with van der Waals surface area (Å²) in [5, 5.41) is 5.77. The van der Waals surface area contributed by atoms with E-state index in [1.165, 1.54) is 10.8 Å². The molecule has 0 atom stereocenters. The van der Waals surface area contributed by atoms with Crippen molar-refractivity contribution >= 4 is 28.0 Å². The quantitative estimate of drug-likeness (QED) is 0.714. The Morgan fingerprint density at radius 2 is 1.78 bits per heavy atom. The highest BCUT2D eigenvalue weighted by molar-refractivity contribution is 5.95. The van der Waals surface area contributed by atoms with Gasteiger partial charge in [-0.25, -0.2) is 4.98 Å². The number of hydrogen-bond acceptors (Lipinski definition) is 3. The number of nitrogens with two attached hydrogens (primary N) is 1. The van der Waals surface area contributed by atoms with Crippen molar-refractivity contribution < 1.29 is 0 Å². The Morgan fingerprint density at radius 1 is 0.944 bits per heavy atom. The third-order valence-corrected chi connectivity index (χ3v) is 2.85. The van der Waals surface area contributed by atoms with Gasteiger partial charge in [0.15, 0.2) is 0 Å². The lowest BCUT2D eigenvalue weighted by molar-refractivity contribution is 1.33. The zero-order valence-electron chi connectivity index (χ0n) is 9.80. The number of fused-ring (bicyclic) bond motifs is 1. The first-order chi connectivity index (χ1) is 8.83. The fourth-order valence-electron chi connectivity index (χ4n) is 2.02. The molecule has 0 saturated carbocycles. The Morgan fingerprint density at radius 3 is 2.67 bits per heavy atom. The SMILES string of the molecule is Nc1cc(Nc2cccc3ccccc23)ccn1. The predicted octanol–water partition coefficient (Wildman–Crippen LogP) is 3.56. The molecular weight excluding hydrogens is 222 g/mol. The zero-order valence-corrected chi connectivity index (χ0v) is 9.80. The summed E-state index contributed by atoms with van der Waals surface area (Å²) in [5.74, 6) is 0.514. The third-order valence-electron chi connectivity index (χ3n) is 2.85. The van der Waals surface area contributed by atoms with Gasteiger partial charge in [0.25, 0.3) is 0 Å². The molecule has 0 fully saturated rings. The van der Waals surface area contributed by atoms with Gasteiger partial charge in [-0.3, -0.25) is 0 Å². The van der Waals surface area contributed by atoms with Crippen molar-refractivity contribution in [3.63, 3.8) is 0 Å². The van der Waals surface area contributed by atoms with Crippen molar-refractivity contribution in [2.75, 3.05) is 11.1 Å². The van der Waals surface area contributed by atoms with Crippen LogP contribution in [0, 0.1) is 0 Å². The van der Waals surface area contributed by atoms with E-state index < -0.39 is 0 Å². The molecule has 2 aromatic carbocycles. The van der Waals surface area contributed by atoms with E-state index in [4.69, 9.17) is 5.73 Å². The fraction of sp³-hybridized carbons (Fsp3) is 0. The number of rotatable bonds is 2. The van der Waals surface area contributed by atoms with Crippen LogP contribution in [0.4, 0.5) is 17.2 Å². The van der Waals surface area contributed by atoms with E-state index in [0.717, 1.165) is 11.4 Å². The van der Waals surface area contributed by atoms with E-state index in [0.29, 0.717) is 5.82 Å². The molecule has 0 unspecified atom stereocenters. The number of aromatic nitrogens is 1. The minimum absolute atomic E-state index is 0.514. The molecule has 3 N–H and O–H groups in total. The molecule has 0 amide bonds. The molecule has 1 heterocycles. The van der Waals surface area contributed by atoms with E-state index in [1.807, 2.05) is 30.3 Å². The topological polar surface area (TPSA) is 50.9 Å². The standard InChI is InChI=1S/C15H13N3/c16-15-10-12(8-9-17-15)18-14-7-3-5-11-4-1-2-6-13(11)14/h1-10H,(H3,16,17,18). The van der Waals surface area contributed by atoms with Crippen LogP contribution in [0.25, 0.3) is 10.8 Å². The van der Waals surface area contributed by atoms with Gasteiger partial charge in [-0.05, 0) is 17.5 Å². The van der Waals surface area contributed by atoms with Crippen molar-refractivity contribution in [1.82, 2.24) is 4.98 Å². The Balaban J connectivity index is 2.05. The van der Waals surface area contributed by atoms with Crippen molar-refractivity contribution in [3.05, 3.63) is 60.8 Å². The van der Waals surface area contributed by atoms with E-state index in [-0.39, 0.29) is 0 Å². The van der Waals surface area contributed by atoms with E-state index in [2.05, 4.69) is 34.6 Å². The summed E-state index contributed by atoms with van der Waals surface area (Å²) < 4.78 is 0. The van der Waals surface area contributed by atoms with Crippen molar-refractivity contribution in [2.24, 2.45) is 0 Å². The van der Waals surface area contributed by atoms with Crippen LogP contribution >= 0.6 is 0 Å². The molecule has 1 aromatic heterocycles. The lowest BCUT2D eigenvalue weighted by atomic mass is 10.1. The first-order valence-corrected chi connectivity index (χ1v) is 5.79. The van der Waals surface area contributed by atoms with Gasteiger partial charge in [0.1, 0.15) is 5.82 Å². The summed E-state index contributed by atoms with van der Waals surface area (Å²) in [7, 11) is 0. The number of nitrogens with zero attached hydrogens (tertiary/aromatic N) is 1. The second-order valence-electron chi connectivity index (χ2n) is 4.12. The van der Waals surface area contributed by atoms with E-state index in [1.54, 1.807) is 6.20 Å².